The Kier molecular flexibility index (Phi) is 2.65. The van der Waals surface area contributed by atoms with Gasteiger partial charge in [-0.15, -0.1) is 0 Å². The SMILES string of the molecule is CC(=O)[C@H]1C(=O)N[C@@]23CCCC[C@H]2[C@H]1c1ccccc1O3. The zero-order valence-electron chi connectivity index (χ0n) is 12.1. The minimum atomic E-state index is -0.597. The van der Waals surface area contributed by atoms with Gasteiger partial charge in [0.2, 0.25) is 5.91 Å². The van der Waals surface area contributed by atoms with Crippen molar-refractivity contribution in [3.05, 3.63) is 29.8 Å². The Morgan fingerprint density at radius 3 is 2.95 bits per heavy atom. The fourth-order valence-corrected chi connectivity index (χ4v) is 4.51. The number of carbonyl (C=O) groups is 2. The van der Waals surface area contributed by atoms with Crippen LogP contribution < -0.4 is 10.1 Å². The van der Waals surface area contributed by atoms with Gasteiger partial charge >= 0.3 is 0 Å². The molecule has 2 aliphatic heterocycles. The van der Waals surface area contributed by atoms with Crippen molar-refractivity contribution in [2.75, 3.05) is 0 Å². The number of benzene rings is 1. The molecular formula is C17H19NO3. The highest BCUT2D eigenvalue weighted by molar-refractivity contribution is 6.02. The van der Waals surface area contributed by atoms with Crippen molar-refractivity contribution in [2.24, 2.45) is 11.8 Å². The van der Waals surface area contributed by atoms with Crippen molar-refractivity contribution in [3.8, 4) is 5.75 Å². The third-order valence-electron chi connectivity index (χ3n) is 5.33. The van der Waals surface area contributed by atoms with Gasteiger partial charge in [-0.25, -0.2) is 0 Å². The summed E-state index contributed by atoms with van der Waals surface area (Å²) in [4.78, 5) is 24.6. The summed E-state index contributed by atoms with van der Waals surface area (Å²) in [7, 11) is 0. The fraction of sp³-hybridized carbons (Fsp3) is 0.529. The molecule has 1 aromatic rings. The van der Waals surface area contributed by atoms with Gasteiger partial charge in [-0.2, -0.15) is 0 Å². The molecule has 0 aromatic heterocycles. The van der Waals surface area contributed by atoms with Crippen LogP contribution in [-0.2, 0) is 9.59 Å². The Morgan fingerprint density at radius 2 is 2.14 bits per heavy atom. The summed E-state index contributed by atoms with van der Waals surface area (Å²) in [5, 5.41) is 3.05. The van der Waals surface area contributed by atoms with Crippen LogP contribution in [0.25, 0.3) is 0 Å². The van der Waals surface area contributed by atoms with E-state index in [0.29, 0.717) is 0 Å². The number of para-hydroxylation sites is 1. The highest BCUT2D eigenvalue weighted by Crippen LogP contribution is 2.55. The number of rotatable bonds is 1. The molecule has 4 atom stereocenters. The number of ketones is 1. The highest BCUT2D eigenvalue weighted by Gasteiger charge is 2.59. The lowest BCUT2D eigenvalue weighted by atomic mass is 9.61. The third-order valence-corrected chi connectivity index (χ3v) is 5.33. The summed E-state index contributed by atoms with van der Waals surface area (Å²) in [5.41, 5.74) is 0.426. The molecule has 0 radical (unpaired) electrons. The molecule has 4 heteroatoms. The molecule has 0 spiro atoms. The van der Waals surface area contributed by atoms with Gasteiger partial charge in [0.25, 0.3) is 0 Å². The monoisotopic (exact) mass is 285 g/mol. The van der Waals surface area contributed by atoms with Crippen molar-refractivity contribution in [1.29, 1.82) is 0 Å². The molecule has 1 aliphatic carbocycles. The van der Waals surface area contributed by atoms with Crippen molar-refractivity contribution < 1.29 is 14.3 Å². The van der Waals surface area contributed by atoms with Gasteiger partial charge in [-0.1, -0.05) is 24.6 Å². The van der Waals surface area contributed by atoms with E-state index in [2.05, 4.69) is 5.32 Å². The smallest absolute Gasteiger partial charge is 0.234 e. The standard InChI is InChI=1S/C17H19NO3/c1-10(19)14-15-11-6-2-3-8-13(11)21-17(18-16(14)20)9-5-4-7-12(15)17/h2-3,6,8,12,14-15H,4-5,7,9H2,1H3,(H,18,20)/t12-,14+,15+,17+/m0/s1. The minimum Gasteiger partial charge on any atom is -0.467 e. The van der Waals surface area contributed by atoms with E-state index >= 15 is 0 Å². The second-order valence-corrected chi connectivity index (χ2v) is 6.49. The Morgan fingerprint density at radius 1 is 1.33 bits per heavy atom. The predicted molar refractivity (Wildman–Crippen MR) is 76.8 cm³/mol. The summed E-state index contributed by atoms with van der Waals surface area (Å²) >= 11 is 0. The maximum absolute atomic E-state index is 12.5. The number of ether oxygens (including phenoxy) is 1. The number of amides is 1. The number of fused-ring (bicyclic) bond motifs is 2. The first-order chi connectivity index (χ1) is 10.1. The van der Waals surface area contributed by atoms with E-state index in [9.17, 15) is 9.59 Å². The Balaban J connectivity index is 1.92. The summed E-state index contributed by atoms with van der Waals surface area (Å²) in [6.07, 6.45) is 4.02. The van der Waals surface area contributed by atoms with Crippen LogP contribution in [0.1, 0.15) is 44.1 Å². The molecule has 4 nitrogen and oxygen atoms in total. The number of piperidine rings is 1. The molecule has 1 saturated heterocycles. The van der Waals surface area contributed by atoms with E-state index < -0.39 is 11.6 Å². The minimum absolute atomic E-state index is 0.0403. The second kappa shape index (κ2) is 4.33. The van der Waals surface area contributed by atoms with Crippen LogP contribution in [0.4, 0.5) is 0 Å². The van der Waals surface area contributed by atoms with Crippen molar-refractivity contribution >= 4 is 11.7 Å². The van der Waals surface area contributed by atoms with Gasteiger partial charge in [0.05, 0.1) is 0 Å². The largest absolute Gasteiger partial charge is 0.467 e. The number of hydrogen-bond donors (Lipinski definition) is 1. The quantitative estimate of drug-likeness (QED) is 0.806. The van der Waals surface area contributed by atoms with Crippen LogP contribution in [0.5, 0.6) is 5.75 Å². The van der Waals surface area contributed by atoms with Gasteiger partial charge in [-0.3, -0.25) is 9.59 Å². The lowest BCUT2D eigenvalue weighted by molar-refractivity contribution is -0.160. The fourth-order valence-electron chi connectivity index (χ4n) is 4.51. The topological polar surface area (TPSA) is 55.4 Å². The summed E-state index contributed by atoms with van der Waals surface area (Å²) in [5.74, 6) is 0.195. The molecule has 2 heterocycles. The molecule has 2 fully saturated rings. The van der Waals surface area contributed by atoms with Gasteiger partial charge in [-0.05, 0) is 31.4 Å². The van der Waals surface area contributed by atoms with Crippen molar-refractivity contribution in [1.82, 2.24) is 5.32 Å². The summed E-state index contributed by atoms with van der Waals surface area (Å²) in [6.45, 7) is 1.53. The van der Waals surface area contributed by atoms with Crippen LogP contribution in [-0.4, -0.2) is 17.4 Å². The van der Waals surface area contributed by atoms with E-state index in [1.807, 2.05) is 24.3 Å². The molecule has 1 aromatic carbocycles. The van der Waals surface area contributed by atoms with Crippen LogP contribution in [0.3, 0.4) is 0 Å². The molecule has 0 unspecified atom stereocenters. The predicted octanol–water partition coefficient (Wildman–Crippen LogP) is 2.38. The molecule has 2 bridgehead atoms. The number of hydrogen-bond acceptors (Lipinski definition) is 3. The van der Waals surface area contributed by atoms with E-state index in [1.165, 1.54) is 6.92 Å². The van der Waals surface area contributed by atoms with Crippen molar-refractivity contribution in [2.45, 2.75) is 44.2 Å². The lowest BCUT2D eigenvalue weighted by Gasteiger charge is -2.56. The van der Waals surface area contributed by atoms with E-state index in [-0.39, 0.29) is 23.5 Å². The summed E-state index contributed by atoms with van der Waals surface area (Å²) < 4.78 is 6.25. The number of Topliss-reactive ketones (excluding diaryl/α,β-unsaturated/α-hetero) is 1. The van der Waals surface area contributed by atoms with E-state index in [4.69, 9.17) is 4.74 Å². The molecule has 3 aliphatic rings. The van der Waals surface area contributed by atoms with Crippen LogP contribution >= 0.6 is 0 Å². The van der Waals surface area contributed by atoms with Crippen LogP contribution in [0.15, 0.2) is 24.3 Å². The first-order valence-electron chi connectivity index (χ1n) is 7.73. The number of carbonyl (C=O) groups excluding carboxylic acids is 2. The zero-order chi connectivity index (χ0) is 14.6. The van der Waals surface area contributed by atoms with E-state index in [1.54, 1.807) is 0 Å². The van der Waals surface area contributed by atoms with Crippen LogP contribution in [0, 0.1) is 11.8 Å². The molecule has 4 rings (SSSR count). The average Bonchev–Trinajstić information content (AvgIpc) is 2.45. The van der Waals surface area contributed by atoms with Gasteiger partial charge < -0.3 is 10.1 Å². The molecule has 1 N–H and O–H groups in total. The van der Waals surface area contributed by atoms with E-state index in [0.717, 1.165) is 37.0 Å². The molecule has 1 amide bonds. The maximum atomic E-state index is 12.5. The zero-order valence-corrected chi connectivity index (χ0v) is 12.1. The Labute approximate surface area is 123 Å². The first-order valence-corrected chi connectivity index (χ1v) is 7.73. The number of nitrogens with one attached hydrogen (secondary N) is 1. The molecule has 110 valence electrons. The first kappa shape index (κ1) is 12.9. The average molecular weight is 285 g/mol. The van der Waals surface area contributed by atoms with Gasteiger partial charge in [0, 0.05) is 18.3 Å². The van der Waals surface area contributed by atoms with Gasteiger partial charge in [0.1, 0.15) is 17.5 Å². The van der Waals surface area contributed by atoms with Crippen LogP contribution in [0.2, 0.25) is 0 Å². The lowest BCUT2D eigenvalue weighted by Crippen LogP contribution is -2.69. The Hall–Kier alpha value is -1.84. The van der Waals surface area contributed by atoms with Gasteiger partial charge in [0.15, 0.2) is 5.72 Å². The normalized spacial score (nSPS) is 36.8. The molecule has 21 heavy (non-hydrogen) atoms. The van der Waals surface area contributed by atoms with Crippen molar-refractivity contribution in [3.63, 3.8) is 0 Å². The Bertz CT molecular complexity index is 626. The maximum Gasteiger partial charge on any atom is 0.234 e. The summed E-state index contributed by atoms with van der Waals surface area (Å²) in [6, 6.07) is 7.86. The highest BCUT2D eigenvalue weighted by atomic mass is 16.5. The third kappa shape index (κ3) is 1.68. The molecular weight excluding hydrogens is 266 g/mol. The second-order valence-electron chi connectivity index (χ2n) is 6.49. The molecule has 1 saturated carbocycles.